The zero-order valence-corrected chi connectivity index (χ0v) is 19.0. The van der Waals surface area contributed by atoms with E-state index in [2.05, 4.69) is 23.7 Å². The molecule has 7 nitrogen and oxygen atoms in total. The predicted octanol–water partition coefficient (Wildman–Crippen LogP) is 3.19. The zero-order valence-electron chi connectivity index (χ0n) is 18.2. The summed E-state index contributed by atoms with van der Waals surface area (Å²) in [5.41, 5.74) is 1.84. The minimum Gasteiger partial charge on any atom is -0.353 e. The summed E-state index contributed by atoms with van der Waals surface area (Å²) in [7, 11) is 0. The second-order valence-electron chi connectivity index (χ2n) is 8.74. The Morgan fingerprint density at radius 2 is 1.87 bits per heavy atom. The standard InChI is InChI=1S/C23H27N5O2S/c1-15(2)21-24-16(3)14-19(25-21)26-10-12-27(13-11-26)22(30)23-9-8-20(29)28(23)17-6-4-5-7-18(17)31-23/h4-7,14-15H,8-13H2,1-3H3. The van der Waals surface area contributed by atoms with Gasteiger partial charge in [-0.05, 0) is 25.5 Å². The van der Waals surface area contributed by atoms with E-state index in [1.54, 1.807) is 16.7 Å². The highest BCUT2D eigenvalue weighted by molar-refractivity contribution is 8.02. The molecule has 2 saturated heterocycles. The highest BCUT2D eigenvalue weighted by Crippen LogP contribution is 2.56. The van der Waals surface area contributed by atoms with E-state index in [9.17, 15) is 9.59 Å². The van der Waals surface area contributed by atoms with Crippen LogP contribution in [0.3, 0.4) is 0 Å². The number of para-hydroxylation sites is 1. The number of hydrogen-bond donors (Lipinski definition) is 0. The smallest absolute Gasteiger partial charge is 0.259 e. The predicted molar refractivity (Wildman–Crippen MR) is 121 cm³/mol. The first-order valence-corrected chi connectivity index (χ1v) is 11.7. The highest BCUT2D eigenvalue weighted by atomic mass is 32.2. The molecule has 162 valence electrons. The Kier molecular flexibility index (Phi) is 4.92. The first kappa shape index (κ1) is 20.3. The third-order valence-electron chi connectivity index (χ3n) is 6.27. The molecule has 1 aromatic heterocycles. The molecule has 3 aliphatic heterocycles. The lowest BCUT2D eigenvalue weighted by Crippen LogP contribution is -2.58. The van der Waals surface area contributed by atoms with Crippen molar-refractivity contribution in [2.75, 3.05) is 36.0 Å². The van der Waals surface area contributed by atoms with Gasteiger partial charge in [-0.3, -0.25) is 14.5 Å². The van der Waals surface area contributed by atoms with Gasteiger partial charge >= 0.3 is 0 Å². The number of carbonyl (C=O) groups is 2. The van der Waals surface area contributed by atoms with Gasteiger partial charge in [0.25, 0.3) is 5.91 Å². The number of anilines is 2. The summed E-state index contributed by atoms with van der Waals surface area (Å²) < 4.78 is 0. The van der Waals surface area contributed by atoms with Crippen molar-refractivity contribution in [2.24, 2.45) is 0 Å². The van der Waals surface area contributed by atoms with Crippen LogP contribution in [0, 0.1) is 6.92 Å². The van der Waals surface area contributed by atoms with Crippen LogP contribution in [0.25, 0.3) is 0 Å². The monoisotopic (exact) mass is 437 g/mol. The summed E-state index contributed by atoms with van der Waals surface area (Å²) in [6, 6.07) is 9.86. The molecule has 0 saturated carbocycles. The van der Waals surface area contributed by atoms with Gasteiger partial charge in [-0.25, -0.2) is 9.97 Å². The number of carbonyl (C=O) groups excluding carboxylic acids is 2. The van der Waals surface area contributed by atoms with Gasteiger partial charge in [0.05, 0.1) is 5.69 Å². The van der Waals surface area contributed by atoms with E-state index in [0.717, 1.165) is 41.0 Å². The van der Waals surface area contributed by atoms with Crippen molar-refractivity contribution in [1.29, 1.82) is 0 Å². The fraction of sp³-hybridized carbons (Fsp3) is 0.478. The first-order valence-electron chi connectivity index (χ1n) is 10.9. The van der Waals surface area contributed by atoms with Crippen LogP contribution < -0.4 is 9.80 Å². The van der Waals surface area contributed by atoms with Crippen LogP contribution in [-0.4, -0.2) is 57.7 Å². The lowest BCUT2D eigenvalue weighted by atomic mass is 10.1. The van der Waals surface area contributed by atoms with Gasteiger partial charge in [0.2, 0.25) is 5.91 Å². The highest BCUT2D eigenvalue weighted by Gasteiger charge is 2.58. The normalized spacial score (nSPS) is 22.8. The average Bonchev–Trinajstić information content (AvgIpc) is 3.28. The minimum atomic E-state index is -0.820. The van der Waals surface area contributed by atoms with Gasteiger partial charge < -0.3 is 9.80 Å². The topological polar surface area (TPSA) is 69.6 Å². The lowest BCUT2D eigenvalue weighted by molar-refractivity contribution is -0.134. The summed E-state index contributed by atoms with van der Waals surface area (Å²) in [5.74, 6) is 2.16. The number of thioether (sulfide) groups is 1. The molecule has 1 atom stereocenters. The molecule has 4 heterocycles. The van der Waals surface area contributed by atoms with Crippen LogP contribution in [0.1, 0.15) is 44.1 Å². The third-order valence-corrected chi connectivity index (χ3v) is 7.74. The molecule has 2 fully saturated rings. The fourth-order valence-electron chi connectivity index (χ4n) is 4.66. The van der Waals surface area contributed by atoms with E-state index in [-0.39, 0.29) is 17.7 Å². The van der Waals surface area contributed by atoms with Crippen molar-refractivity contribution in [3.05, 3.63) is 41.9 Å². The van der Waals surface area contributed by atoms with Crippen LogP contribution in [-0.2, 0) is 9.59 Å². The SMILES string of the molecule is Cc1cc(N2CCN(C(=O)C34CCC(=O)N3c3ccccc3S4)CC2)nc(C(C)C)n1. The van der Waals surface area contributed by atoms with Crippen LogP contribution >= 0.6 is 11.8 Å². The number of hydrogen-bond acceptors (Lipinski definition) is 6. The summed E-state index contributed by atoms with van der Waals surface area (Å²) in [5, 5.41) is 0. The second-order valence-corrected chi connectivity index (χ2v) is 10.1. The van der Waals surface area contributed by atoms with Crippen molar-refractivity contribution in [3.63, 3.8) is 0 Å². The Morgan fingerprint density at radius 1 is 1.13 bits per heavy atom. The maximum absolute atomic E-state index is 13.7. The summed E-state index contributed by atoms with van der Waals surface area (Å²) >= 11 is 1.54. The van der Waals surface area contributed by atoms with Crippen molar-refractivity contribution in [2.45, 2.75) is 49.3 Å². The molecule has 1 unspecified atom stereocenters. The van der Waals surface area contributed by atoms with Crippen molar-refractivity contribution >= 4 is 35.1 Å². The molecule has 31 heavy (non-hydrogen) atoms. The van der Waals surface area contributed by atoms with Crippen LogP contribution in [0.4, 0.5) is 11.5 Å². The van der Waals surface area contributed by atoms with Crippen molar-refractivity contribution in [3.8, 4) is 0 Å². The van der Waals surface area contributed by atoms with Crippen LogP contribution in [0.15, 0.2) is 35.2 Å². The van der Waals surface area contributed by atoms with E-state index in [1.165, 1.54) is 0 Å². The van der Waals surface area contributed by atoms with Gasteiger partial charge in [0, 0.05) is 55.2 Å². The minimum absolute atomic E-state index is 0.0436. The van der Waals surface area contributed by atoms with E-state index >= 15 is 0 Å². The summed E-state index contributed by atoms with van der Waals surface area (Å²) in [6.45, 7) is 8.89. The number of benzene rings is 1. The molecule has 5 rings (SSSR count). The van der Waals surface area contributed by atoms with E-state index in [4.69, 9.17) is 4.98 Å². The Hall–Kier alpha value is -2.61. The van der Waals surface area contributed by atoms with Crippen molar-refractivity contribution < 1.29 is 9.59 Å². The first-order chi connectivity index (χ1) is 14.9. The third kappa shape index (κ3) is 3.28. The number of fused-ring (bicyclic) bond motifs is 3. The van der Waals surface area contributed by atoms with Gasteiger partial charge in [0.1, 0.15) is 11.6 Å². The van der Waals surface area contributed by atoms with E-state index in [1.807, 2.05) is 42.2 Å². The molecule has 1 aromatic carbocycles. The fourth-order valence-corrected chi connectivity index (χ4v) is 6.15. The molecule has 2 aromatic rings. The van der Waals surface area contributed by atoms with Gasteiger partial charge in [-0.15, -0.1) is 0 Å². The van der Waals surface area contributed by atoms with Crippen LogP contribution in [0.2, 0.25) is 0 Å². The number of nitrogens with zero attached hydrogens (tertiary/aromatic N) is 5. The summed E-state index contributed by atoms with van der Waals surface area (Å²) in [4.78, 5) is 41.8. The molecular formula is C23H27N5O2S. The Bertz CT molecular complexity index is 1050. The largest absolute Gasteiger partial charge is 0.353 e. The number of aromatic nitrogens is 2. The molecule has 0 bridgehead atoms. The maximum Gasteiger partial charge on any atom is 0.259 e. The Balaban J connectivity index is 1.34. The zero-order chi connectivity index (χ0) is 21.8. The quantitative estimate of drug-likeness (QED) is 0.735. The maximum atomic E-state index is 13.7. The number of rotatable bonds is 3. The molecule has 8 heteroatoms. The number of piperazine rings is 1. The summed E-state index contributed by atoms with van der Waals surface area (Å²) in [6.07, 6.45) is 0.984. The van der Waals surface area contributed by atoms with Gasteiger partial charge in [-0.2, -0.15) is 0 Å². The number of amides is 2. The van der Waals surface area contributed by atoms with Gasteiger partial charge in [0.15, 0.2) is 4.87 Å². The lowest BCUT2D eigenvalue weighted by Gasteiger charge is -2.40. The molecule has 0 spiro atoms. The van der Waals surface area contributed by atoms with E-state index < -0.39 is 4.87 Å². The molecule has 0 radical (unpaired) electrons. The number of aryl methyl sites for hydroxylation is 1. The van der Waals surface area contributed by atoms with Gasteiger partial charge in [-0.1, -0.05) is 37.7 Å². The Labute approximate surface area is 186 Å². The molecular weight excluding hydrogens is 410 g/mol. The molecule has 2 amide bonds. The van der Waals surface area contributed by atoms with E-state index in [0.29, 0.717) is 25.9 Å². The average molecular weight is 438 g/mol. The molecule has 0 aliphatic carbocycles. The Morgan fingerprint density at radius 3 is 2.61 bits per heavy atom. The molecule has 0 N–H and O–H groups in total. The van der Waals surface area contributed by atoms with Crippen molar-refractivity contribution in [1.82, 2.24) is 14.9 Å². The second kappa shape index (κ2) is 7.51. The van der Waals surface area contributed by atoms with Crippen LogP contribution in [0.5, 0.6) is 0 Å². The molecule has 3 aliphatic rings.